The number of aromatic nitrogens is 3. The van der Waals surface area contributed by atoms with Crippen molar-refractivity contribution in [3.05, 3.63) is 66.2 Å². The SMILES string of the molecule is CCC.CCC.Cc1oc(-c2ccccc2)nc1CCOc1cccc2c1cnn2CCCC(=O)O. The second kappa shape index (κ2) is 15.4. The van der Waals surface area contributed by atoms with Crippen molar-refractivity contribution in [3.63, 3.8) is 0 Å². The third-order valence-electron chi connectivity index (χ3n) is 4.92. The van der Waals surface area contributed by atoms with E-state index in [9.17, 15) is 4.79 Å². The Hall–Kier alpha value is -3.61. The topological polar surface area (TPSA) is 90.4 Å². The molecule has 0 unspecified atom stereocenters. The van der Waals surface area contributed by atoms with Crippen LogP contribution >= 0.6 is 0 Å². The van der Waals surface area contributed by atoms with E-state index in [-0.39, 0.29) is 6.42 Å². The number of carbonyl (C=O) groups is 1. The minimum absolute atomic E-state index is 0.125. The Morgan fingerprint density at radius 3 is 2.39 bits per heavy atom. The highest BCUT2D eigenvalue weighted by Crippen LogP contribution is 2.26. The van der Waals surface area contributed by atoms with Crippen molar-refractivity contribution in [2.45, 2.75) is 73.3 Å². The molecule has 0 aliphatic heterocycles. The van der Waals surface area contributed by atoms with Gasteiger partial charge in [-0.3, -0.25) is 9.48 Å². The van der Waals surface area contributed by atoms with E-state index in [2.05, 4.69) is 37.8 Å². The highest BCUT2D eigenvalue weighted by atomic mass is 16.5. The average Bonchev–Trinajstić information content (AvgIpc) is 3.44. The lowest BCUT2D eigenvalue weighted by molar-refractivity contribution is -0.137. The lowest BCUT2D eigenvalue weighted by Crippen LogP contribution is -2.04. The summed E-state index contributed by atoms with van der Waals surface area (Å²) in [6.07, 6.45) is 5.55. The molecule has 194 valence electrons. The van der Waals surface area contributed by atoms with E-state index in [1.165, 1.54) is 12.8 Å². The third-order valence-corrected chi connectivity index (χ3v) is 4.92. The molecular formula is C29H39N3O4. The molecule has 0 saturated carbocycles. The Bertz CT molecular complexity index is 1180. The molecule has 0 bridgehead atoms. The van der Waals surface area contributed by atoms with E-state index in [4.69, 9.17) is 14.3 Å². The number of carboxylic acids is 1. The number of nitrogens with zero attached hydrogens (tertiary/aromatic N) is 3. The predicted octanol–water partition coefficient (Wildman–Crippen LogP) is 7.32. The number of benzene rings is 2. The summed E-state index contributed by atoms with van der Waals surface area (Å²) < 4.78 is 13.6. The molecule has 2 aromatic carbocycles. The highest BCUT2D eigenvalue weighted by Gasteiger charge is 2.13. The molecule has 0 radical (unpaired) electrons. The monoisotopic (exact) mass is 493 g/mol. The number of aliphatic carboxylic acids is 1. The zero-order valence-corrected chi connectivity index (χ0v) is 22.2. The summed E-state index contributed by atoms with van der Waals surface area (Å²) in [5.41, 5.74) is 2.76. The first-order valence-corrected chi connectivity index (χ1v) is 12.8. The molecule has 2 heterocycles. The zero-order chi connectivity index (χ0) is 26.3. The summed E-state index contributed by atoms with van der Waals surface area (Å²) in [6, 6.07) is 15.6. The van der Waals surface area contributed by atoms with Crippen molar-refractivity contribution >= 4 is 16.9 Å². The van der Waals surface area contributed by atoms with Crippen LogP contribution in [0.2, 0.25) is 0 Å². The molecule has 1 N–H and O–H groups in total. The van der Waals surface area contributed by atoms with Gasteiger partial charge >= 0.3 is 5.97 Å². The van der Waals surface area contributed by atoms with Gasteiger partial charge in [-0.2, -0.15) is 5.10 Å². The number of oxazole rings is 1. The Morgan fingerprint density at radius 1 is 1.03 bits per heavy atom. The normalized spacial score (nSPS) is 10.2. The van der Waals surface area contributed by atoms with E-state index >= 15 is 0 Å². The molecule has 36 heavy (non-hydrogen) atoms. The van der Waals surface area contributed by atoms with Gasteiger partial charge in [0.2, 0.25) is 5.89 Å². The van der Waals surface area contributed by atoms with Gasteiger partial charge in [0.1, 0.15) is 11.5 Å². The fourth-order valence-electron chi connectivity index (χ4n) is 3.38. The second-order valence-corrected chi connectivity index (χ2v) is 8.45. The van der Waals surface area contributed by atoms with Crippen LogP contribution in [0.1, 0.15) is 64.8 Å². The van der Waals surface area contributed by atoms with E-state index in [1.54, 1.807) is 6.20 Å². The van der Waals surface area contributed by atoms with Crippen LogP contribution in [0.5, 0.6) is 5.75 Å². The van der Waals surface area contributed by atoms with Crippen LogP contribution in [0.15, 0.2) is 59.1 Å². The van der Waals surface area contributed by atoms with Crippen molar-refractivity contribution < 1.29 is 19.1 Å². The first-order valence-electron chi connectivity index (χ1n) is 12.8. The van der Waals surface area contributed by atoms with Crippen LogP contribution in [-0.2, 0) is 17.8 Å². The second-order valence-electron chi connectivity index (χ2n) is 8.45. The quantitative estimate of drug-likeness (QED) is 0.263. The molecule has 0 aliphatic carbocycles. The van der Waals surface area contributed by atoms with Crippen molar-refractivity contribution in [1.82, 2.24) is 14.8 Å². The van der Waals surface area contributed by atoms with Gasteiger partial charge in [-0.05, 0) is 37.6 Å². The molecule has 4 rings (SSSR count). The van der Waals surface area contributed by atoms with E-state index in [1.807, 2.05) is 60.1 Å². The first kappa shape index (κ1) is 28.6. The van der Waals surface area contributed by atoms with Gasteiger partial charge in [0.15, 0.2) is 0 Å². The van der Waals surface area contributed by atoms with Crippen LogP contribution in [0.25, 0.3) is 22.4 Å². The van der Waals surface area contributed by atoms with Gasteiger partial charge in [-0.1, -0.05) is 64.8 Å². The minimum atomic E-state index is -0.797. The number of ether oxygens (including phenoxy) is 1. The van der Waals surface area contributed by atoms with E-state index in [0.717, 1.165) is 33.7 Å². The van der Waals surface area contributed by atoms with Gasteiger partial charge in [-0.25, -0.2) is 4.98 Å². The smallest absolute Gasteiger partial charge is 0.303 e. The Labute approximate surface area is 214 Å². The van der Waals surface area contributed by atoms with Gasteiger partial charge < -0.3 is 14.3 Å². The van der Waals surface area contributed by atoms with Gasteiger partial charge in [0, 0.05) is 24.9 Å². The Kier molecular flexibility index (Phi) is 12.2. The predicted molar refractivity (Wildman–Crippen MR) is 144 cm³/mol. The molecule has 0 atom stereocenters. The minimum Gasteiger partial charge on any atom is -0.492 e. The first-order chi connectivity index (χ1) is 17.4. The molecule has 0 aliphatic rings. The van der Waals surface area contributed by atoms with Crippen molar-refractivity contribution in [3.8, 4) is 17.2 Å². The van der Waals surface area contributed by atoms with Crippen molar-refractivity contribution in [2.24, 2.45) is 0 Å². The van der Waals surface area contributed by atoms with E-state index in [0.29, 0.717) is 31.9 Å². The maximum atomic E-state index is 10.7. The lowest BCUT2D eigenvalue weighted by atomic mass is 10.2. The molecule has 7 heteroatoms. The summed E-state index contributed by atoms with van der Waals surface area (Å²) >= 11 is 0. The third kappa shape index (κ3) is 8.56. The molecule has 4 aromatic rings. The summed E-state index contributed by atoms with van der Waals surface area (Å²) in [5.74, 6) is 1.37. The Balaban J connectivity index is 0.000000693. The van der Waals surface area contributed by atoms with Crippen LogP contribution in [0.4, 0.5) is 0 Å². The molecular weight excluding hydrogens is 454 g/mol. The molecule has 0 saturated heterocycles. The average molecular weight is 494 g/mol. The summed E-state index contributed by atoms with van der Waals surface area (Å²) in [6.45, 7) is 11.4. The van der Waals surface area contributed by atoms with E-state index < -0.39 is 5.97 Å². The summed E-state index contributed by atoms with van der Waals surface area (Å²) in [4.78, 5) is 15.3. The number of hydrogen-bond donors (Lipinski definition) is 1. The van der Waals surface area contributed by atoms with Gasteiger partial charge in [-0.15, -0.1) is 0 Å². The van der Waals surface area contributed by atoms with Crippen LogP contribution < -0.4 is 4.74 Å². The number of carboxylic acid groups (broad SMARTS) is 1. The highest BCUT2D eigenvalue weighted by molar-refractivity contribution is 5.85. The van der Waals surface area contributed by atoms with Gasteiger partial charge in [0.05, 0.1) is 29.4 Å². The standard InChI is InChI=1S/C23H23N3O4.2C3H8/c1-16-19(25-23(30-16)17-7-3-2-4-8-17)12-14-29-21-10-5-9-20-18(21)15-24-26(20)13-6-11-22(27)28;2*1-3-2/h2-5,7-10,15H,6,11-14H2,1H3,(H,27,28);2*3H2,1-2H3. The maximum absolute atomic E-state index is 10.7. The van der Waals surface area contributed by atoms with Crippen molar-refractivity contribution in [1.29, 1.82) is 0 Å². The summed E-state index contributed by atoms with van der Waals surface area (Å²) in [5, 5.41) is 14.1. The summed E-state index contributed by atoms with van der Waals surface area (Å²) in [7, 11) is 0. The van der Waals surface area contributed by atoms with Crippen molar-refractivity contribution in [2.75, 3.05) is 6.61 Å². The van der Waals surface area contributed by atoms with Gasteiger partial charge in [0.25, 0.3) is 0 Å². The maximum Gasteiger partial charge on any atom is 0.303 e. The number of rotatable bonds is 9. The fraction of sp³-hybridized carbons (Fsp3) is 0.414. The molecule has 7 nitrogen and oxygen atoms in total. The number of fused-ring (bicyclic) bond motifs is 1. The fourth-order valence-corrected chi connectivity index (χ4v) is 3.38. The van der Waals surface area contributed by atoms with Crippen LogP contribution in [-0.4, -0.2) is 32.4 Å². The molecule has 0 spiro atoms. The lowest BCUT2D eigenvalue weighted by Gasteiger charge is -2.07. The molecule has 2 aromatic heterocycles. The largest absolute Gasteiger partial charge is 0.492 e. The van der Waals surface area contributed by atoms with Crippen LogP contribution in [0, 0.1) is 6.92 Å². The Morgan fingerprint density at radius 2 is 1.72 bits per heavy atom. The molecule has 0 fully saturated rings. The van der Waals surface area contributed by atoms with Crippen LogP contribution in [0.3, 0.4) is 0 Å². The molecule has 0 amide bonds. The zero-order valence-electron chi connectivity index (χ0n) is 22.2. The number of aryl methyl sites for hydroxylation is 2. The number of hydrogen-bond acceptors (Lipinski definition) is 5.